The van der Waals surface area contributed by atoms with Gasteiger partial charge in [0.15, 0.2) is 0 Å². The van der Waals surface area contributed by atoms with Gasteiger partial charge in [-0.05, 0) is 36.8 Å². The second kappa shape index (κ2) is 4.86. The fourth-order valence-corrected chi connectivity index (χ4v) is 2.07. The van der Waals surface area contributed by atoms with Crippen molar-refractivity contribution in [1.29, 1.82) is 0 Å². The first-order chi connectivity index (χ1) is 9.24. The van der Waals surface area contributed by atoms with Gasteiger partial charge in [0.1, 0.15) is 0 Å². The highest BCUT2D eigenvalue weighted by Crippen LogP contribution is 2.27. The monoisotopic (exact) mass is 270 g/mol. The van der Waals surface area contributed by atoms with Crippen LogP contribution in [-0.2, 0) is 0 Å². The molecule has 0 N–H and O–H groups in total. The number of rotatable bonds is 2. The number of aromatic nitrogens is 2. The van der Waals surface area contributed by atoms with Crippen LogP contribution in [0.25, 0.3) is 22.9 Å². The van der Waals surface area contributed by atoms with Crippen molar-refractivity contribution in [3.8, 4) is 22.9 Å². The van der Waals surface area contributed by atoms with Crippen molar-refractivity contribution in [2.45, 2.75) is 6.92 Å². The maximum absolute atomic E-state index is 5.95. The summed E-state index contributed by atoms with van der Waals surface area (Å²) in [4.78, 5) is 0. The van der Waals surface area contributed by atoms with Crippen LogP contribution in [0, 0.1) is 6.92 Å². The van der Waals surface area contributed by atoms with E-state index in [0.29, 0.717) is 16.8 Å². The summed E-state index contributed by atoms with van der Waals surface area (Å²) in [7, 11) is 0. The van der Waals surface area contributed by atoms with E-state index in [1.165, 1.54) is 0 Å². The van der Waals surface area contributed by atoms with Gasteiger partial charge in [0.05, 0.1) is 0 Å². The molecule has 0 amide bonds. The molecule has 19 heavy (non-hydrogen) atoms. The minimum atomic E-state index is 0.473. The number of hydrogen-bond acceptors (Lipinski definition) is 3. The summed E-state index contributed by atoms with van der Waals surface area (Å²) in [5.74, 6) is 0.994. The lowest BCUT2D eigenvalue weighted by molar-refractivity contribution is 0.584. The van der Waals surface area contributed by atoms with E-state index < -0.39 is 0 Å². The third-order valence-electron chi connectivity index (χ3n) is 2.87. The highest BCUT2D eigenvalue weighted by molar-refractivity contribution is 6.30. The molecule has 0 aliphatic carbocycles. The SMILES string of the molecule is Cc1ccccc1-c1nnc(-c2cccc(Cl)c2)o1. The fraction of sp³-hybridized carbons (Fsp3) is 0.0667. The lowest BCUT2D eigenvalue weighted by atomic mass is 10.1. The lowest BCUT2D eigenvalue weighted by Crippen LogP contribution is -1.81. The molecule has 0 unspecified atom stereocenters. The molecule has 2 aromatic carbocycles. The minimum absolute atomic E-state index is 0.473. The summed E-state index contributed by atoms with van der Waals surface area (Å²) in [6.07, 6.45) is 0. The van der Waals surface area contributed by atoms with Gasteiger partial charge in [-0.3, -0.25) is 0 Å². The summed E-state index contributed by atoms with van der Waals surface area (Å²) in [6.45, 7) is 2.01. The summed E-state index contributed by atoms with van der Waals surface area (Å²) in [5.41, 5.74) is 2.87. The largest absolute Gasteiger partial charge is 0.416 e. The van der Waals surface area contributed by atoms with E-state index >= 15 is 0 Å². The van der Waals surface area contributed by atoms with Crippen LogP contribution < -0.4 is 0 Å². The Morgan fingerprint density at radius 1 is 0.947 bits per heavy atom. The maximum Gasteiger partial charge on any atom is 0.248 e. The van der Waals surface area contributed by atoms with Crippen LogP contribution in [0.3, 0.4) is 0 Å². The first-order valence-corrected chi connectivity index (χ1v) is 6.27. The number of nitrogens with zero attached hydrogens (tertiary/aromatic N) is 2. The molecule has 0 spiro atoms. The smallest absolute Gasteiger partial charge is 0.248 e. The van der Waals surface area contributed by atoms with Crippen molar-refractivity contribution in [3.63, 3.8) is 0 Å². The highest BCUT2D eigenvalue weighted by Gasteiger charge is 2.11. The Bertz CT molecular complexity index is 721. The molecule has 3 aromatic rings. The Labute approximate surface area is 115 Å². The van der Waals surface area contributed by atoms with E-state index in [1.807, 2.05) is 49.4 Å². The molecule has 0 fully saturated rings. The predicted molar refractivity (Wildman–Crippen MR) is 74.9 cm³/mol. The molecule has 1 heterocycles. The van der Waals surface area contributed by atoms with Crippen molar-refractivity contribution in [3.05, 3.63) is 59.1 Å². The van der Waals surface area contributed by atoms with Crippen molar-refractivity contribution in [2.24, 2.45) is 0 Å². The van der Waals surface area contributed by atoms with Crippen molar-refractivity contribution < 1.29 is 4.42 Å². The van der Waals surface area contributed by atoms with Gasteiger partial charge in [-0.1, -0.05) is 35.9 Å². The second-order valence-corrected chi connectivity index (χ2v) is 4.67. The molecule has 0 aliphatic heterocycles. The standard InChI is InChI=1S/C15H11ClN2O/c1-10-5-2-3-8-13(10)15-18-17-14(19-15)11-6-4-7-12(16)9-11/h2-9H,1H3. The second-order valence-electron chi connectivity index (χ2n) is 4.24. The van der Waals surface area contributed by atoms with Crippen molar-refractivity contribution in [2.75, 3.05) is 0 Å². The lowest BCUT2D eigenvalue weighted by Gasteiger charge is -1.99. The summed E-state index contributed by atoms with van der Waals surface area (Å²) in [6, 6.07) is 15.3. The molecule has 1 aromatic heterocycles. The molecule has 3 nitrogen and oxygen atoms in total. The Kier molecular flexibility index (Phi) is 3.05. The molecule has 0 aliphatic rings. The molecule has 4 heteroatoms. The first kappa shape index (κ1) is 11.9. The van der Waals surface area contributed by atoms with Crippen LogP contribution in [0.1, 0.15) is 5.56 Å². The van der Waals surface area contributed by atoms with Crippen molar-refractivity contribution in [1.82, 2.24) is 10.2 Å². The summed E-state index contributed by atoms with van der Waals surface area (Å²) in [5, 5.41) is 8.81. The molecule has 3 rings (SSSR count). The van der Waals surface area contributed by atoms with Gasteiger partial charge in [-0.15, -0.1) is 10.2 Å². The summed E-state index contributed by atoms with van der Waals surface area (Å²) < 4.78 is 5.71. The van der Waals surface area contributed by atoms with E-state index in [4.69, 9.17) is 16.0 Å². The zero-order valence-corrected chi connectivity index (χ0v) is 11.1. The van der Waals surface area contributed by atoms with Gasteiger partial charge < -0.3 is 4.42 Å². The normalized spacial score (nSPS) is 10.6. The maximum atomic E-state index is 5.95. The zero-order valence-electron chi connectivity index (χ0n) is 10.3. The Balaban J connectivity index is 2.03. The van der Waals surface area contributed by atoms with Crippen LogP contribution in [0.5, 0.6) is 0 Å². The van der Waals surface area contributed by atoms with Crippen LogP contribution in [0.4, 0.5) is 0 Å². The molecule has 94 valence electrons. The first-order valence-electron chi connectivity index (χ1n) is 5.89. The Morgan fingerprint density at radius 3 is 2.53 bits per heavy atom. The Morgan fingerprint density at radius 2 is 1.74 bits per heavy atom. The number of halogens is 1. The van der Waals surface area contributed by atoms with Crippen LogP contribution in [0.2, 0.25) is 5.02 Å². The minimum Gasteiger partial charge on any atom is -0.416 e. The summed E-state index contributed by atoms with van der Waals surface area (Å²) >= 11 is 5.95. The van der Waals surface area contributed by atoms with Crippen LogP contribution in [0.15, 0.2) is 52.9 Å². The quantitative estimate of drug-likeness (QED) is 0.694. The average Bonchev–Trinajstić information content (AvgIpc) is 2.89. The van der Waals surface area contributed by atoms with Crippen molar-refractivity contribution >= 4 is 11.6 Å². The highest BCUT2D eigenvalue weighted by atomic mass is 35.5. The molecule has 0 atom stereocenters. The molecule has 0 saturated heterocycles. The molecule has 0 saturated carbocycles. The third kappa shape index (κ3) is 2.37. The molecule has 0 bridgehead atoms. The van der Waals surface area contributed by atoms with Gasteiger partial charge in [0.25, 0.3) is 0 Å². The average molecular weight is 271 g/mol. The van der Waals surface area contributed by atoms with E-state index in [0.717, 1.165) is 16.7 Å². The number of aryl methyl sites for hydroxylation is 1. The number of hydrogen-bond donors (Lipinski definition) is 0. The fourth-order valence-electron chi connectivity index (χ4n) is 1.88. The van der Waals surface area contributed by atoms with Gasteiger partial charge in [-0.2, -0.15) is 0 Å². The van der Waals surface area contributed by atoms with E-state index in [1.54, 1.807) is 6.07 Å². The van der Waals surface area contributed by atoms with Gasteiger partial charge >= 0.3 is 0 Å². The van der Waals surface area contributed by atoms with E-state index in [2.05, 4.69) is 10.2 Å². The van der Waals surface area contributed by atoms with Gasteiger partial charge in [0.2, 0.25) is 11.8 Å². The zero-order chi connectivity index (χ0) is 13.2. The Hall–Kier alpha value is -2.13. The molecule has 0 radical (unpaired) electrons. The van der Waals surface area contributed by atoms with E-state index in [9.17, 15) is 0 Å². The molecular formula is C15H11ClN2O. The van der Waals surface area contributed by atoms with Gasteiger partial charge in [0, 0.05) is 16.1 Å². The number of benzene rings is 2. The predicted octanol–water partition coefficient (Wildman–Crippen LogP) is 4.37. The third-order valence-corrected chi connectivity index (χ3v) is 3.11. The van der Waals surface area contributed by atoms with E-state index in [-0.39, 0.29) is 0 Å². The topological polar surface area (TPSA) is 38.9 Å². The van der Waals surface area contributed by atoms with Crippen LogP contribution >= 0.6 is 11.6 Å². The van der Waals surface area contributed by atoms with Gasteiger partial charge in [-0.25, -0.2) is 0 Å². The van der Waals surface area contributed by atoms with Crippen LogP contribution in [-0.4, -0.2) is 10.2 Å². The molecular weight excluding hydrogens is 260 g/mol.